The standard InChI is InChI=1S/C16H23N5O2/c1-3-16(4-2,11-17)20-13(22)5-6-14-19-15(21-23-14)12-7-9-18-10-8-12/h7-10H,3-6,11,17H2,1-2H3,(H,20,22). The minimum absolute atomic E-state index is 0.0530. The van der Waals surface area contributed by atoms with E-state index in [1.807, 2.05) is 13.8 Å². The molecule has 0 spiro atoms. The van der Waals surface area contributed by atoms with Gasteiger partial charge in [0, 0.05) is 37.3 Å². The highest BCUT2D eigenvalue weighted by Crippen LogP contribution is 2.16. The van der Waals surface area contributed by atoms with Crippen LogP contribution in [0.2, 0.25) is 0 Å². The van der Waals surface area contributed by atoms with Gasteiger partial charge in [-0.25, -0.2) is 0 Å². The van der Waals surface area contributed by atoms with E-state index < -0.39 is 0 Å². The van der Waals surface area contributed by atoms with Gasteiger partial charge in [0.15, 0.2) is 0 Å². The third-order valence-electron chi connectivity index (χ3n) is 4.12. The number of aryl methyl sites for hydroxylation is 1. The number of nitrogens with zero attached hydrogens (tertiary/aromatic N) is 3. The second-order valence-corrected chi connectivity index (χ2v) is 5.49. The van der Waals surface area contributed by atoms with Crippen molar-refractivity contribution in [3.63, 3.8) is 0 Å². The molecule has 7 heteroatoms. The molecule has 0 atom stereocenters. The van der Waals surface area contributed by atoms with E-state index >= 15 is 0 Å². The van der Waals surface area contributed by atoms with Crippen molar-refractivity contribution in [2.45, 2.75) is 45.1 Å². The molecule has 1 amide bonds. The minimum Gasteiger partial charge on any atom is -0.349 e. The molecule has 0 saturated heterocycles. The predicted octanol–water partition coefficient (Wildman–Crippen LogP) is 1.70. The lowest BCUT2D eigenvalue weighted by molar-refractivity contribution is -0.123. The number of aromatic nitrogens is 3. The lowest BCUT2D eigenvalue weighted by Crippen LogP contribution is -2.52. The summed E-state index contributed by atoms with van der Waals surface area (Å²) >= 11 is 0. The summed E-state index contributed by atoms with van der Waals surface area (Å²) in [4.78, 5) is 20.4. The first-order valence-corrected chi connectivity index (χ1v) is 7.86. The monoisotopic (exact) mass is 317 g/mol. The first-order chi connectivity index (χ1) is 11.1. The first kappa shape index (κ1) is 17.1. The molecule has 0 aliphatic heterocycles. The fourth-order valence-electron chi connectivity index (χ4n) is 2.32. The quantitative estimate of drug-likeness (QED) is 0.767. The van der Waals surface area contributed by atoms with Gasteiger partial charge in [-0.15, -0.1) is 0 Å². The highest BCUT2D eigenvalue weighted by Gasteiger charge is 2.26. The van der Waals surface area contributed by atoms with Crippen LogP contribution in [0.25, 0.3) is 11.4 Å². The fraction of sp³-hybridized carbons (Fsp3) is 0.500. The molecule has 3 N–H and O–H groups in total. The number of nitrogens with two attached hydrogens (primary N) is 1. The van der Waals surface area contributed by atoms with Gasteiger partial charge in [0.05, 0.1) is 5.54 Å². The maximum absolute atomic E-state index is 12.1. The van der Waals surface area contributed by atoms with Crippen LogP contribution in [-0.2, 0) is 11.2 Å². The lowest BCUT2D eigenvalue weighted by atomic mass is 9.92. The van der Waals surface area contributed by atoms with Gasteiger partial charge in [0.2, 0.25) is 17.6 Å². The molecule has 0 aliphatic carbocycles. The summed E-state index contributed by atoms with van der Waals surface area (Å²) in [6.07, 6.45) is 5.64. The van der Waals surface area contributed by atoms with E-state index in [1.54, 1.807) is 24.5 Å². The molecule has 0 aromatic carbocycles. The van der Waals surface area contributed by atoms with Crippen molar-refractivity contribution in [1.82, 2.24) is 20.4 Å². The molecule has 124 valence electrons. The van der Waals surface area contributed by atoms with Crippen molar-refractivity contribution in [2.24, 2.45) is 5.73 Å². The van der Waals surface area contributed by atoms with Crippen LogP contribution in [0, 0.1) is 0 Å². The van der Waals surface area contributed by atoms with E-state index in [2.05, 4.69) is 20.4 Å². The summed E-state index contributed by atoms with van der Waals surface area (Å²) in [5, 5.41) is 6.95. The maximum Gasteiger partial charge on any atom is 0.227 e. The molecular formula is C16H23N5O2. The molecule has 0 fully saturated rings. The molecule has 0 unspecified atom stereocenters. The average Bonchev–Trinajstić information content (AvgIpc) is 3.08. The summed E-state index contributed by atoms with van der Waals surface area (Å²) in [7, 11) is 0. The number of hydrogen-bond donors (Lipinski definition) is 2. The number of rotatable bonds is 8. The van der Waals surface area contributed by atoms with Gasteiger partial charge in [-0.3, -0.25) is 9.78 Å². The van der Waals surface area contributed by atoms with Crippen LogP contribution >= 0.6 is 0 Å². The van der Waals surface area contributed by atoms with E-state index in [0.717, 1.165) is 18.4 Å². The zero-order valence-electron chi connectivity index (χ0n) is 13.6. The highest BCUT2D eigenvalue weighted by atomic mass is 16.5. The number of carbonyl (C=O) groups excluding carboxylic acids is 1. The molecule has 0 saturated carbocycles. The van der Waals surface area contributed by atoms with Crippen molar-refractivity contribution in [2.75, 3.05) is 6.54 Å². The van der Waals surface area contributed by atoms with Gasteiger partial charge in [0.1, 0.15) is 0 Å². The number of carbonyl (C=O) groups is 1. The topological polar surface area (TPSA) is 107 Å². The van der Waals surface area contributed by atoms with E-state index in [0.29, 0.717) is 31.1 Å². The van der Waals surface area contributed by atoms with Gasteiger partial charge >= 0.3 is 0 Å². The summed E-state index contributed by atoms with van der Waals surface area (Å²) < 4.78 is 5.19. The Balaban J connectivity index is 1.91. The van der Waals surface area contributed by atoms with Crippen LogP contribution in [0.5, 0.6) is 0 Å². The van der Waals surface area contributed by atoms with Crippen LogP contribution in [0.3, 0.4) is 0 Å². The number of amides is 1. The second kappa shape index (κ2) is 7.82. The third kappa shape index (κ3) is 4.35. The molecule has 7 nitrogen and oxygen atoms in total. The van der Waals surface area contributed by atoms with Crippen LogP contribution < -0.4 is 11.1 Å². The van der Waals surface area contributed by atoms with Crippen LogP contribution in [0.1, 0.15) is 39.0 Å². The molecule has 0 bridgehead atoms. The van der Waals surface area contributed by atoms with Gasteiger partial charge < -0.3 is 15.6 Å². The Morgan fingerprint density at radius 3 is 2.61 bits per heavy atom. The Kier molecular flexibility index (Phi) is 5.81. The van der Waals surface area contributed by atoms with Crippen molar-refractivity contribution >= 4 is 5.91 Å². The van der Waals surface area contributed by atoms with Gasteiger partial charge in [-0.1, -0.05) is 19.0 Å². The summed E-state index contributed by atoms with van der Waals surface area (Å²) in [5.41, 5.74) is 6.30. The number of pyridine rings is 1. The lowest BCUT2D eigenvalue weighted by Gasteiger charge is -2.31. The predicted molar refractivity (Wildman–Crippen MR) is 86.4 cm³/mol. The zero-order valence-corrected chi connectivity index (χ0v) is 13.6. The SMILES string of the molecule is CCC(CC)(CN)NC(=O)CCc1nc(-c2ccncc2)no1. The van der Waals surface area contributed by atoms with E-state index in [1.165, 1.54) is 0 Å². The molecular weight excluding hydrogens is 294 g/mol. The van der Waals surface area contributed by atoms with Crippen LogP contribution in [0.4, 0.5) is 0 Å². The minimum atomic E-state index is -0.325. The Morgan fingerprint density at radius 1 is 1.30 bits per heavy atom. The Hall–Kier alpha value is -2.28. The highest BCUT2D eigenvalue weighted by molar-refractivity contribution is 5.77. The molecule has 2 aromatic heterocycles. The van der Waals surface area contributed by atoms with E-state index in [-0.39, 0.29) is 11.4 Å². The Morgan fingerprint density at radius 2 is 2.00 bits per heavy atom. The smallest absolute Gasteiger partial charge is 0.227 e. The van der Waals surface area contributed by atoms with E-state index in [9.17, 15) is 4.79 Å². The Labute approximate surface area is 135 Å². The summed E-state index contributed by atoms with van der Waals surface area (Å²) in [6, 6.07) is 3.61. The molecule has 2 heterocycles. The van der Waals surface area contributed by atoms with Gasteiger partial charge in [-0.05, 0) is 25.0 Å². The average molecular weight is 317 g/mol. The second-order valence-electron chi connectivity index (χ2n) is 5.49. The normalized spacial score (nSPS) is 11.4. The van der Waals surface area contributed by atoms with Crippen LogP contribution in [-0.4, -0.2) is 33.1 Å². The fourth-order valence-corrected chi connectivity index (χ4v) is 2.32. The largest absolute Gasteiger partial charge is 0.349 e. The van der Waals surface area contributed by atoms with Crippen molar-refractivity contribution in [3.8, 4) is 11.4 Å². The third-order valence-corrected chi connectivity index (χ3v) is 4.12. The van der Waals surface area contributed by atoms with Crippen molar-refractivity contribution in [3.05, 3.63) is 30.4 Å². The molecule has 2 rings (SSSR count). The molecule has 2 aromatic rings. The number of hydrogen-bond acceptors (Lipinski definition) is 6. The van der Waals surface area contributed by atoms with Crippen LogP contribution in [0.15, 0.2) is 29.0 Å². The van der Waals surface area contributed by atoms with Gasteiger partial charge in [0.25, 0.3) is 0 Å². The number of nitrogens with one attached hydrogen (secondary N) is 1. The maximum atomic E-state index is 12.1. The van der Waals surface area contributed by atoms with E-state index in [4.69, 9.17) is 10.3 Å². The van der Waals surface area contributed by atoms with Gasteiger partial charge in [-0.2, -0.15) is 4.98 Å². The molecule has 0 radical (unpaired) electrons. The molecule has 23 heavy (non-hydrogen) atoms. The zero-order chi connectivity index (χ0) is 16.7. The Bertz CT molecular complexity index is 614. The molecule has 0 aliphatic rings. The van der Waals surface area contributed by atoms with Crippen molar-refractivity contribution in [1.29, 1.82) is 0 Å². The summed E-state index contributed by atoms with van der Waals surface area (Å²) in [6.45, 7) is 4.48. The van der Waals surface area contributed by atoms with Crippen molar-refractivity contribution < 1.29 is 9.32 Å². The first-order valence-electron chi connectivity index (χ1n) is 7.86. The summed E-state index contributed by atoms with van der Waals surface area (Å²) in [5.74, 6) is 0.891.